The fourth-order valence-corrected chi connectivity index (χ4v) is 9.36. The molecule has 4 amide bonds. The summed E-state index contributed by atoms with van der Waals surface area (Å²) in [6, 6.07) is 22.6. The Morgan fingerprint density at radius 3 is 1.61 bits per heavy atom. The second-order valence-corrected chi connectivity index (χ2v) is 21.1. The molecule has 6 aromatic rings. The van der Waals surface area contributed by atoms with Gasteiger partial charge in [-0.15, -0.1) is 4.68 Å². The minimum Gasteiger partial charge on any atom is -0.448 e. The fourth-order valence-electron chi connectivity index (χ4n) is 9.09. The normalized spacial score (nSPS) is 14.0. The lowest BCUT2D eigenvalue weighted by atomic mass is 10.0. The van der Waals surface area contributed by atoms with Gasteiger partial charge in [0, 0.05) is 53.6 Å². The standard InChI is InChI=1S/C25H27F2N5O3.C18H18ClFN4O4.C10H14FNO.C6H15N.CH4O/c1-25(2)21-18(22(30-29-21)28-23(33)15-9-11-16(26)12-10-15)13-32(25)24(34)35-20(14-31(3)4)17-7-5-6-8-19(17)27;1-4-28-17(27)24-14(21-15(25)10-5-7-11(20)8-6-10)12-9-23(16(19)26)18(2,3)13(12)22-24;1-12(2)7-10(13)8-5-3-4-6-9(8)11;1-4-7(5-2)6-3;1-2/h5-12,20H,13-14H2,1-4H3,(H2,28,29,30,33);5-8H,4,9H2,1-3H3,(H,21,25);3-6,10,13H,7H2,1-2H3;4-6H2,1-3H3;2H,1H3. The van der Waals surface area contributed by atoms with Crippen molar-refractivity contribution in [2.75, 3.05) is 85.3 Å². The third-order valence-corrected chi connectivity index (χ3v) is 13.9. The van der Waals surface area contributed by atoms with Gasteiger partial charge >= 0.3 is 17.6 Å². The van der Waals surface area contributed by atoms with Gasteiger partial charge in [0.2, 0.25) is 0 Å². The summed E-state index contributed by atoms with van der Waals surface area (Å²) in [6.07, 6.45) is -2.96. The van der Waals surface area contributed by atoms with Crippen molar-refractivity contribution >= 4 is 52.6 Å². The van der Waals surface area contributed by atoms with Crippen LogP contribution in [0.3, 0.4) is 0 Å². The molecule has 0 radical (unpaired) electrons. The van der Waals surface area contributed by atoms with Crippen LogP contribution in [0.25, 0.3) is 0 Å². The number of aromatic amines is 1. The number of rotatable bonds is 15. The van der Waals surface area contributed by atoms with Gasteiger partial charge in [-0.25, -0.2) is 27.2 Å². The van der Waals surface area contributed by atoms with E-state index in [2.05, 4.69) is 51.6 Å². The summed E-state index contributed by atoms with van der Waals surface area (Å²) in [5, 5.41) is 32.6. The van der Waals surface area contributed by atoms with Crippen molar-refractivity contribution in [2.45, 2.75) is 91.8 Å². The molecule has 5 N–H and O–H groups in total. The molecule has 2 unspecified atom stereocenters. The van der Waals surface area contributed by atoms with Crippen molar-refractivity contribution in [3.05, 3.63) is 165 Å². The van der Waals surface area contributed by atoms with Gasteiger partial charge in [-0.1, -0.05) is 57.2 Å². The van der Waals surface area contributed by atoms with Gasteiger partial charge in [-0.2, -0.15) is 10.2 Å². The average molecular weight is 1210 g/mol. The summed E-state index contributed by atoms with van der Waals surface area (Å²) in [5.41, 5.74) is 1.58. The number of carbonyl (C=O) groups excluding carboxylic acids is 5. The van der Waals surface area contributed by atoms with Gasteiger partial charge in [0.15, 0.2) is 5.82 Å². The summed E-state index contributed by atoms with van der Waals surface area (Å²) >= 11 is 5.67. The Labute approximate surface area is 498 Å². The van der Waals surface area contributed by atoms with E-state index >= 15 is 0 Å². The van der Waals surface area contributed by atoms with E-state index in [4.69, 9.17) is 26.2 Å². The number of ether oxygens (including phenoxy) is 2. The maximum Gasteiger partial charge on any atom is 0.436 e. The van der Waals surface area contributed by atoms with Crippen LogP contribution >= 0.6 is 11.6 Å². The van der Waals surface area contributed by atoms with Crippen LogP contribution in [-0.4, -0.2) is 159 Å². The second kappa shape index (κ2) is 32.0. The van der Waals surface area contributed by atoms with E-state index in [-0.39, 0.29) is 48.3 Å². The third-order valence-electron chi connectivity index (χ3n) is 13.7. The maximum atomic E-state index is 14.5. The number of hydrogen-bond acceptors (Lipinski definition) is 14. The number of fused-ring (bicyclic) bond motifs is 2. The van der Waals surface area contributed by atoms with Crippen LogP contribution in [0.1, 0.15) is 122 Å². The molecule has 85 heavy (non-hydrogen) atoms. The lowest BCUT2D eigenvalue weighted by molar-refractivity contribution is 0.0247. The molecule has 2 aliphatic rings. The Balaban J connectivity index is 0.000000274. The Morgan fingerprint density at radius 2 is 1.15 bits per heavy atom. The molecule has 0 saturated carbocycles. The molecular formula is C60H78ClF4N11O9. The molecule has 2 aliphatic heterocycles. The molecule has 0 saturated heterocycles. The van der Waals surface area contributed by atoms with E-state index in [1.54, 1.807) is 57.2 Å². The number of hydrogen-bond donors (Lipinski definition) is 5. The highest BCUT2D eigenvalue weighted by molar-refractivity contribution is 6.62. The molecule has 0 bridgehead atoms. The minimum absolute atomic E-state index is 0.0586. The Hall–Kier alpha value is -7.74. The zero-order chi connectivity index (χ0) is 63.5. The lowest BCUT2D eigenvalue weighted by Crippen LogP contribution is -2.42. The fraction of sp³-hybridized carbons (Fsp3) is 0.417. The molecule has 0 fully saturated rings. The van der Waals surface area contributed by atoms with E-state index in [0.717, 1.165) is 23.9 Å². The smallest absolute Gasteiger partial charge is 0.436 e. The number of benzene rings is 4. The van der Waals surface area contributed by atoms with E-state index < -0.39 is 70.1 Å². The van der Waals surface area contributed by atoms with Crippen molar-refractivity contribution < 1.29 is 61.2 Å². The SMILES string of the molecule is CCN(CC)CC.CCOC(=O)n1nc2c(c1NC(=O)c1ccc(F)cc1)CN(C(=O)Cl)C2(C)C.CN(C)CC(O)c1ccccc1F.CN(C)CC(OC(=O)N1Cc2c(NC(=O)c3ccc(F)cc3)n[nH]c2C1(C)C)c1ccccc1F.CO. The number of halogens is 5. The van der Waals surface area contributed by atoms with Gasteiger partial charge in [0.25, 0.3) is 11.8 Å². The van der Waals surface area contributed by atoms with Gasteiger partial charge in [-0.3, -0.25) is 24.4 Å². The molecule has 8 rings (SSSR count). The van der Waals surface area contributed by atoms with Crippen LogP contribution in [0.4, 0.5) is 43.6 Å². The summed E-state index contributed by atoms with van der Waals surface area (Å²) in [4.78, 5) is 71.5. The zero-order valence-electron chi connectivity index (χ0n) is 50.3. The number of carbonyl (C=O) groups is 5. The number of nitrogens with one attached hydrogen (secondary N) is 3. The minimum atomic E-state index is -0.888. The first-order valence-electron chi connectivity index (χ1n) is 27.3. The molecule has 4 aromatic carbocycles. The second-order valence-electron chi connectivity index (χ2n) is 20.8. The molecule has 25 heteroatoms. The van der Waals surface area contributed by atoms with Crippen LogP contribution in [0, 0.1) is 23.3 Å². The number of H-pyrrole nitrogens is 1. The summed E-state index contributed by atoms with van der Waals surface area (Å²) in [6.45, 7) is 19.9. The Bertz CT molecular complexity index is 3170. The highest BCUT2D eigenvalue weighted by Crippen LogP contribution is 2.43. The van der Waals surface area contributed by atoms with Crippen LogP contribution in [-0.2, 0) is 33.6 Å². The Morgan fingerprint density at radius 1 is 0.671 bits per heavy atom. The van der Waals surface area contributed by atoms with E-state index in [9.17, 15) is 46.6 Å². The van der Waals surface area contributed by atoms with Crippen LogP contribution in [0.5, 0.6) is 0 Å². The number of likely N-dealkylation sites (N-methyl/N-ethyl adjacent to an activating group) is 2. The number of aliphatic hydroxyl groups excluding tert-OH is 2. The maximum absolute atomic E-state index is 14.5. The molecule has 2 aromatic heterocycles. The first kappa shape index (κ1) is 69.8. The molecular weight excluding hydrogens is 1130 g/mol. The number of aliphatic hydroxyl groups is 2. The topological polar surface area (TPSA) is 231 Å². The van der Waals surface area contributed by atoms with Crippen molar-refractivity contribution in [2.24, 2.45) is 0 Å². The predicted molar refractivity (Wildman–Crippen MR) is 316 cm³/mol. The first-order valence-corrected chi connectivity index (χ1v) is 27.7. The summed E-state index contributed by atoms with van der Waals surface area (Å²) < 4.78 is 65.6. The van der Waals surface area contributed by atoms with E-state index in [1.807, 2.05) is 51.8 Å². The van der Waals surface area contributed by atoms with Crippen molar-refractivity contribution in [1.82, 2.24) is 44.5 Å². The van der Waals surface area contributed by atoms with Crippen LogP contribution in [0.2, 0.25) is 0 Å². The van der Waals surface area contributed by atoms with Gasteiger partial charge < -0.3 is 49.9 Å². The van der Waals surface area contributed by atoms with Crippen LogP contribution in [0.15, 0.2) is 97.1 Å². The van der Waals surface area contributed by atoms with Gasteiger partial charge in [-0.05, 0) is 155 Å². The highest BCUT2D eigenvalue weighted by atomic mass is 35.5. The lowest BCUT2D eigenvalue weighted by Gasteiger charge is -2.33. The zero-order valence-corrected chi connectivity index (χ0v) is 51.0. The predicted octanol–water partition coefficient (Wildman–Crippen LogP) is 10.5. The number of nitrogens with zero attached hydrogens (tertiary/aromatic N) is 8. The summed E-state index contributed by atoms with van der Waals surface area (Å²) in [7, 11) is 8.30. The highest BCUT2D eigenvalue weighted by Gasteiger charge is 2.47. The molecule has 0 aliphatic carbocycles. The van der Waals surface area contributed by atoms with E-state index in [0.29, 0.717) is 46.7 Å². The molecule has 4 heterocycles. The molecule has 0 spiro atoms. The molecule has 20 nitrogen and oxygen atoms in total. The molecule has 2 atom stereocenters. The number of anilines is 2. The van der Waals surface area contributed by atoms with Crippen molar-refractivity contribution in [3.8, 4) is 0 Å². The van der Waals surface area contributed by atoms with Crippen molar-refractivity contribution in [1.29, 1.82) is 0 Å². The average Bonchev–Trinajstić information content (AvgIpc) is 2.60. The van der Waals surface area contributed by atoms with Gasteiger partial charge in [0.1, 0.15) is 35.2 Å². The monoisotopic (exact) mass is 1210 g/mol. The first-order chi connectivity index (χ1) is 40.2. The Kier molecular flexibility index (Phi) is 26.2. The van der Waals surface area contributed by atoms with Crippen LogP contribution < -0.4 is 10.6 Å². The summed E-state index contributed by atoms with van der Waals surface area (Å²) in [5.74, 6) is -2.39. The largest absolute Gasteiger partial charge is 0.448 e. The van der Waals surface area contributed by atoms with Gasteiger partial charge in [0.05, 0.1) is 48.3 Å². The van der Waals surface area contributed by atoms with E-state index in [1.165, 1.54) is 78.0 Å². The quantitative estimate of drug-likeness (QED) is 0.0366. The number of aromatic nitrogens is 4. The third kappa shape index (κ3) is 18.1. The number of amides is 4. The molecule has 462 valence electrons. The van der Waals surface area contributed by atoms with Crippen molar-refractivity contribution in [3.63, 3.8) is 0 Å².